The molecule has 1 aliphatic heterocycles. The normalized spacial score (nSPS) is 21.9. The van der Waals surface area contributed by atoms with Gasteiger partial charge in [0.2, 0.25) is 10.0 Å². The third-order valence-corrected chi connectivity index (χ3v) is 5.08. The van der Waals surface area contributed by atoms with E-state index in [2.05, 4.69) is 0 Å². The Morgan fingerprint density at radius 1 is 1.47 bits per heavy atom. The maximum absolute atomic E-state index is 13.3. The first-order chi connectivity index (χ1) is 7.93. The Hall–Kier alpha value is -1.14. The number of anilines is 1. The summed E-state index contributed by atoms with van der Waals surface area (Å²) < 4.78 is 39.2. The van der Waals surface area contributed by atoms with Crippen LogP contribution in [0.15, 0.2) is 23.1 Å². The maximum Gasteiger partial charge on any atom is 0.243 e. The molecular weight excluding hydrogens is 243 g/mol. The fourth-order valence-electron chi connectivity index (χ4n) is 2.07. The van der Waals surface area contributed by atoms with Crippen molar-refractivity contribution in [3.8, 4) is 0 Å². The Morgan fingerprint density at radius 2 is 2.18 bits per heavy atom. The van der Waals surface area contributed by atoms with E-state index in [9.17, 15) is 12.8 Å². The zero-order valence-corrected chi connectivity index (χ0v) is 10.4. The van der Waals surface area contributed by atoms with Gasteiger partial charge in [0, 0.05) is 12.6 Å². The highest BCUT2D eigenvalue weighted by Gasteiger charge is 2.32. The first-order valence-electron chi connectivity index (χ1n) is 5.50. The van der Waals surface area contributed by atoms with Gasteiger partial charge in [0.05, 0.1) is 10.6 Å². The van der Waals surface area contributed by atoms with Crippen molar-refractivity contribution in [1.82, 2.24) is 4.31 Å². The number of nitrogens with zero attached hydrogens (tertiary/aromatic N) is 1. The van der Waals surface area contributed by atoms with Gasteiger partial charge in [0.1, 0.15) is 5.82 Å². The number of nitrogen functional groups attached to an aromatic ring is 1. The van der Waals surface area contributed by atoms with Crippen LogP contribution in [-0.2, 0) is 10.0 Å². The number of hydrogen-bond acceptors (Lipinski definition) is 3. The van der Waals surface area contributed by atoms with Crippen LogP contribution in [0.4, 0.5) is 10.1 Å². The molecule has 0 amide bonds. The van der Waals surface area contributed by atoms with Crippen molar-refractivity contribution < 1.29 is 12.8 Å². The summed E-state index contributed by atoms with van der Waals surface area (Å²) in [4.78, 5) is -0.0297. The first-order valence-corrected chi connectivity index (χ1v) is 6.94. The molecule has 0 bridgehead atoms. The number of rotatable bonds is 2. The summed E-state index contributed by atoms with van der Waals surface area (Å²) in [6, 6.07) is 3.58. The van der Waals surface area contributed by atoms with Crippen LogP contribution >= 0.6 is 0 Å². The number of sulfonamides is 1. The highest BCUT2D eigenvalue weighted by Crippen LogP contribution is 2.26. The topological polar surface area (TPSA) is 63.4 Å². The van der Waals surface area contributed by atoms with E-state index < -0.39 is 15.8 Å². The lowest BCUT2D eigenvalue weighted by Gasteiger charge is -2.20. The molecule has 4 nitrogen and oxygen atoms in total. The molecule has 0 unspecified atom stereocenters. The summed E-state index contributed by atoms with van der Waals surface area (Å²) in [5, 5.41) is 0. The fraction of sp³-hybridized carbons (Fsp3) is 0.455. The molecule has 2 rings (SSSR count). The highest BCUT2D eigenvalue weighted by molar-refractivity contribution is 7.89. The van der Waals surface area contributed by atoms with Gasteiger partial charge >= 0.3 is 0 Å². The van der Waals surface area contributed by atoms with Gasteiger partial charge in [-0.1, -0.05) is 0 Å². The van der Waals surface area contributed by atoms with Gasteiger partial charge in [-0.3, -0.25) is 0 Å². The maximum atomic E-state index is 13.3. The molecule has 0 saturated carbocycles. The predicted octanol–water partition coefficient (Wildman–Crippen LogP) is 1.58. The second kappa shape index (κ2) is 4.27. The van der Waals surface area contributed by atoms with Crippen molar-refractivity contribution >= 4 is 15.7 Å². The van der Waals surface area contributed by atoms with E-state index in [0.29, 0.717) is 6.54 Å². The van der Waals surface area contributed by atoms with Crippen molar-refractivity contribution in [2.45, 2.75) is 30.7 Å². The molecule has 1 fully saturated rings. The van der Waals surface area contributed by atoms with Crippen molar-refractivity contribution in [1.29, 1.82) is 0 Å². The number of nitrogens with two attached hydrogens (primary N) is 1. The SMILES string of the molecule is C[C@@H]1CCCN1S(=O)(=O)c1ccc(N)c(F)c1. The van der Waals surface area contributed by atoms with Gasteiger partial charge in [-0.2, -0.15) is 4.31 Å². The number of hydrogen-bond donors (Lipinski definition) is 1. The summed E-state index contributed by atoms with van der Waals surface area (Å²) in [5.41, 5.74) is 5.29. The molecule has 0 aromatic heterocycles. The molecule has 6 heteroatoms. The van der Waals surface area contributed by atoms with Crippen LogP contribution in [0.5, 0.6) is 0 Å². The monoisotopic (exact) mass is 258 g/mol. The quantitative estimate of drug-likeness (QED) is 0.819. The lowest BCUT2D eigenvalue weighted by molar-refractivity contribution is 0.408. The average Bonchev–Trinajstić information content (AvgIpc) is 2.69. The van der Waals surface area contributed by atoms with Crippen molar-refractivity contribution in [3.63, 3.8) is 0 Å². The Kier molecular flexibility index (Phi) is 3.09. The number of benzene rings is 1. The smallest absolute Gasteiger partial charge is 0.243 e. The fourth-order valence-corrected chi connectivity index (χ4v) is 3.78. The van der Waals surface area contributed by atoms with Gasteiger partial charge in [-0.05, 0) is 38.0 Å². The van der Waals surface area contributed by atoms with Crippen LogP contribution < -0.4 is 5.73 Å². The van der Waals surface area contributed by atoms with Crippen LogP contribution in [0, 0.1) is 5.82 Å². The zero-order chi connectivity index (χ0) is 12.6. The summed E-state index contributed by atoms with van der Waals surface area (Å²) in [6.07, 6.45) is 1.69. The lowest BCUT2D eigenvalue weighted by Crippen LogP contribution is -2.33. The Morgan fingerprint density at radius 3 is 2.71 bits per heavy atom. The molecule has 1 aliphatic rings. The summed E-state index contributed by atoms with van der Waals surface area (Å²) >= 11 is 0. The minimum atomic E-state index is -3.59. The molecule has 0 radical (unpaired) electrons. The second-order valence-corrected chi connectivity index (χ2v) is 6.18. The molecule has 1 aromatic carbocycles. The Bertz CT molecular complexity index is 530. The van der Waals surface area contributed by atoms with Gasteiger partial charge in [-0.25, -0.2) is 12.8 Å². The number of halogens is 1. The molecule has 1 heterocycles. The van der Waals surface area contributed by atoms with E-state index in [1.54, 1.807) is 0 Å². The third-order valence-electron chi connectivity index (χ3n) is 3.07. The second-order valence-electron chi connectivity index (χ2n) is 4.29. The average molecular weight is 258 g/mol. The van der Waals surface area contributed by atoms with Crippen molar-refractivity contribution in [3.05, 3.63) is 24.0 Å². The first kappa shape index (κ1) is 12.3. The van der Waals surface area contributed by atoms with E-state index in [0.717, 1.165) is 18.9 Å². The molecule has 94 valence electrons. The molecule has 1 aromatic rings. The van der Waals surface area contributed by atoms with Crippen molar-refractivity contribution in [2.24, 2.45) is 0 Å². The van der Waals surface area contributed by atoms with Crippen LogP contribution in [-0.4, -0.2) is 25.3 Å². The van der Waals surface area contributed by atoms with Gasteiger partial charge in [0.15, 0.2) is 0 Å². The highest BCUT2D eigenvalue weighted by atomic mass is 32.2. The van der Waals surface area contributed by atoms with E-state index in [-0.39, 0.29) is 16.6 Å². The minimum Gasteiger partial charge on any atom is -0.396 e. The van der Waals surface area contributed by atoms with Gasteiger partial charge in [0.25, 0.3) is 0 Å². The van der Waals surface area contributed by atoms with E-state index in [1.165, 1.54) is 16.4 Å². The Balaban J connectivity index is 2.41. The molecule has 0 aliphatic carbocycles. The minimum absolute atomic E-state index is 0.0272. The summed E-state index contributed by atoms with van der Waals surface area (Å²) in [5.74, 6) is -0.696. The van der Waals surface area contributed by atoms with Crippen LogP contribution in [0.25, 0.3) is 0 Å². The standard InChI is InChI=1S/C11H15FN2O2S/c1-8-3-2-6-14(8)17(15,16)9-4-5-11(13)10(12)7-9/h4-5,7-8H,2-3,6,13H2,1H3/t8-/m1/s1. The molecule has 2 N–H and O–H groups in total. The van der Waals surface area contributed by atoms with Crippen LogP contribution in [0.2, 0.25) is 0 Å². The third kappa shape index (κ3) is 2.14. The summed E-state index contributed by atoms with van der Waals surface area (Å²) in [6.45, 7) is 2.35. The van der Waals surface area contributed by atoms with Gasteiger partial charge in [-0.15, -0.1) is 0 Å². The van der Waals surface area contributed by atoms with E-state index in [1.807, 2.05) is 6.92 Å². The predicted molar refractivity (Wildman–Crippen MR) is 63.4 cm³/mol. The molecule has 17 heavy (non-hydrogen) atoms. The van der Waals surface area contributed by atoms with Crippen molar-refractivity contribution in [2.75, 3.05) is 12.3 Å². The largest absolute Gasteiger partial charge is 0.396 e. The van der Waals surface area contributed by atoms with Crippen LogP contribution in [0.1, 0.15) is 19.8 Å². The molecule has 1 atom stereocenters. The van der Waals surface area contributed by atoms with Crippen LogP contribution in [0.3, 0.4) is 0 Å². The van der Waals surface area contributed by atoms with E-state index in [4.69, 9.17) is 5.73 Å². The summed E-state index contributed by atoms with van der Waals surface area (Å²) in [7, 11) is -3.59. The molecule has 1 saturated heterocycles. The zero-order valence-electron chi connectivity index (χ0n) is 9.56. The molecular formula is C11H15FN2O2S. The lowest BCUT2D eigenvalue weighted by atomic mass is 10.3. The molecule has 0 spiro atoms. The van der Waals surface area contributed by atoms with E-state index >= 15 is 0 Å². The van der Waals surface area contributed by atoms with Gasteiger partial charge < -0.3 is 5.73 Å². The Labute approximate surface area is 100 Å².